The molecule has 6 nitrogen and oxygen atoms in total. The van der Waals surface area contributed by atoms with E-state index in [1.165, 1.54) is 0 Å². The van der Waals surface area contributed by atoms with Crippen LogP contribution in [0.3, 0.4) is 0 Å². The van der Waals surface area contributed by atoms with Crippen LogP contribution in [0, 0.1) is 0 Å². The molecule has 2 aromatic carbocycles. The quantitative estimate of drug-likeness (QED) is 0.867. The van der Waals surface area contributed by atoms with Crippen molar-refractivity contribution < 1.29 is 23.8 Å². The summed E-state index contributed by atoms with van der Waals surface area (Å²) in [7, 11) is 1.58. The van der Waals surface area contributed by atoms with Gasteiger partial charge >= 0.3 is 0 Å². The Morgan fingerprint density at radius 2 is 1.81 bits per heavy atom. The van der Waals surface area contributed by atoms with Crippen LogP contribution in [0.25, 0.3) is 0 Å². The van der Waals surface area contributed by atoms with Crippen molar-refractivity contribution in [1.29, 1.82) is 0 Å². The summed E-state index contributed by atoms with van der Waals surface area (Å²) in [4.78, 5) is 24.8. The van der Waals surface area contributed by atoms with Crippen LogP contribution in [0.15, 0.2) is 42.5 Å². The monoisotopic (exact) mass is 369 g/mol. The smallest absolute Gasteiger partial charge is 0.265 e. The van der Waals surface area contributed by atoms with E-state index in [9.17, 15) is 9.59 Å². The van der Waals surface area contributed by atoms with Gasteiger partial charge < -0.3 is 19.5 Å². The van der Waals surface area contributed by atoms with E-state index in [2.05, 4.69) is 5.32 Å². The fraction of sp³-hybridized carbons (Fsp3) is 0.333. The maximum Gasteiger partial charge on any atom is 0.265 e. The Bertz CT molecular complexity index is 857. The summed E-state index contributed by atoms with van der Waals surface area (Å²) in [5.41, 5.74) is 0.492. The van der Waals surface area contributed by atoms with E-state index in [0.29, 0.717) is 34.9 Å². The van der Waals surface area contributed by atoms with Gasteiger partial charge in [0.15, 0.2) is 11.9 Å². The van der Waals surface area contributed by atoms with Crippen LogP contribution in [0.2, 0.25) is 0 Å². The number of ether oxygens (including phenoxy) is 3. The standard InChI is InChI=1S/C21H23NO5/c1-13(26-16-8-6-15(25-4)7-9-16)20(24)22-14-5-10-19-17(11-14)18(23)12-21(2,3)27-19/h5-11,13H,12H2,1-4H3,(H,22,24). The molecule has 1 atom stereocenters. The number of nitrogens with one attached hydrogen (secondary N) is 1. The zero-order valence-corrected chi connectivity index (χ0v) is 15.9. The van der Waals surface area contributed by atoms with Crippen LogP contribution in [-0.2, 0) is 4.79 Å². The van der Waals surface area contributed by atoms with Crippen molar-refractivity contribution in [3.05, 3.63) is 48.0 Å². The highest BCUT2D eigenvalue weighted by atomic mass is 16.5. The van der Waals surface area contributed by atoms with Gasteiger partial charge in [0, 0.05) is 5.69 Å². The molecule has 1 aliphatic rings. The molecule has 0 aliphatic carbocycles. The molecule has 0 aromatic heterocycles. The van der Waals surface area contributed by atoms with Gasteiger partial charge in [-0.05, 0) is 63.2 Å². The average molecular weight is 369 g/mol. The Labute approximate surface area is 158 Å². The Balaban J connectivity index is 1.67. The number of hydrogen-bond acceptors (Lipinski definition) is 5. The molecule has 1 amide bonds. The Morgan fingerprint density at radius 3 is 2.48 bits per heavy atom. The lowest BCUT2D eigenvalue weighted by Crippen LogP contribution is -2.36. The highest BCUT2D eigenvalue weighted by Crippen LogP contribution is 2.34. The van der Waals surface area contributed by atoms with E-state index < -0.39 is 11.7 Å². The van der Waals surface area contributed by atoms with Crippen molar-refractivity contribution in [3.63, 3.8) is 0 Å². The minimum atomic E-state index is -0.708. The van der Waals surface area contributed by atoms with Crippen molar-refractivity contribution in [2.45, 2.75) is 38.9 Å². The fourth-order valence-electron chi connectivity index (χ4n) is 2.89. The molecule has 0 fully saturated rings. The summed E-state index contributed by atoms with van der Waals surface area (Å²) >= 11 is 0. The maximum atomic E-state index is 12.4. The first-order valence-electron chi connectivity index (χ1n) is 8.75. The van der Waals surface area contributed by atoms with Crippen LogP contribution in [0.1, 0.15) is 37.6 Å². The average Bonchev–Trinajstić information content (AvgIpc) is 2.62. The Kier molecular flexibility index (Phi) is 5.08. The van der Waals surface area contributed by atoms with Crippen molar-refractivity contribution >= 4 is 17.4 Å². The molecule has 1 unspecified atom stereocenters. The second kappa shape index (κ2) is 7.31. The van der Waals surface area contributed by atoms with Gasteiger partial charge in [-0.25, -0.2) is 0 Å². The van der Waals surface area contributed by atoms with E-state index in [1.54, 1.807) is 56.5 Å². The summed E-state index contributed by atoms with van der Waals surface area (Å²) < 4.78 is 16.6. The lowest BCUT2D eigenvalue weighted by molar-refractivity contribution is -0.122. The van der Waals surface area contributed by atoms with Crippen LogP contribution < -0.4 is 19.5 Å². The SMILES string of the molecule is COc1ccc(OC(C)C(=O)Nc2ccc3c(c2)C(=O)CC(C)(C)O3)cc1. The van der Waals surface area contributed by atoms with Crippen molar-refractivity contribution in [2.24, 2.45) is 0 Å². The number of hydrogen-bond donors (Lipinski definition) is 1. The van der Waals surface area contributed by atoms with Gasteiger partial charge in [0.25, 0.3) is 5.91 Å². The lowest BCUT2D eigenvalue weighted by Gasteiger charge is -2.31. The van der Waals surface area contributed by atoms with Crippen LogP contribution >= 0.6 is 0 Å². The summed E-state index contributed by atoms with van der Waals surface area (Å²) in [6, 6.07) is 12.1. The summed E-state index contributed by atoms with van der Waals surface area (Å²) in [6.07, 6.45) is -0.408. The lowest BCUT2D eigenvalue weighted by atomic mass is 9.93. The predicted molar refractivity (Wildman–Crippen MR) is 102 cm³/mol. The number of anilines is 1. The molecule has 0 bridgehead atoms. The molecule has 0 saturated carbocycles. The first kappa shape index (κ1) is 18.8. The van der Waals surface area contributed by atoms with Gasteiger partial charge in [-0.15, -0.1) is 0 Å². The third-order valence-corrected chi connectivity index (χ3v) is 4.26. The summed E-state index contributed by atoms with van der Waals surface area (Å²) in [6.45, 7) is 5.41. The summed E-state index contributed by atoms with van der Waals surface area (Å²) in [5.74, 6) is 1.50. The third kappa shape index (κ3) is 4.39. The number of fused-ring (bicyclic) bond motifs is 1. The molecule has 27 heavy (non-hydrogen) atoms. The minimum Gasteiger partial charge on any atom is -0.497 e. The molecule has 3 rings (SSSR count). The fourth-order valence-corrected chi connectivity index (χ4v) is 2.89. The van der Waals surface area contributed by atoms with Gasteiger partial charge in [-0.3, -0.25) is 9.59 Å². The summed E-state index contributed by atoms with van der Waals surface area (Å²) in [5, 5.41) is 2.78. The Morgan fingerprint density at radius 1 is 1.15 bits per heavy atom. The molecular weight excluding hydrogens is 346 g/mol. The molecule has 2 aromatic rings. The van der Waals surface area contributed by atoms with E-state index in [-0.39, 0.29) is 11.7 Å². The number of methoxy groups -OCH3 is 1. The highest BCUT2D eigenvalue weighted by molar-refractivity contribution is 6.02. The third-order valence-electron chi connectivity index (χ3n) is 4.26. The van der Waals surface area contributed by atoms with Crippen molar-refractivity contribution in [1.82, 2.24) is 0 Å². The number of benzene rings is 2. The largest absolute Gasteiger partial charge is 0.497 e. The highest BCUT2D eigenvalue weighted by Gasteiger charge is 2.32. The van der Waals surface area contributed by atoms with Gasteiger partial charge in [0.05, 0.1) is 19.1 Å². The van der Waals surface area contributed by atoms with Gasteiger partial charge in [0.1, 0.15) is 22.8 Å². The van der Waals surface area contributed by atoms with Crippen LogP contribution in [0.5, 0.6) is 17.2 Å². The molecule has 0 spiro atoms. The maximum absolute atomic E-state index is 12.4. The molecule has 6 heteroatoms. The molecule has 1 aliphatic heterocycles. The van der Waals surface area contributed by atoms with Crippen LogP contribution in [0.4, 0.5) is 5.69 Å². The number of rotatable bonds is 5. The number of carbonyl (C=O) groups is 2. The predicted octanol–water partition coefficient (Wildman–Crippen LogP) is 3.85. The van der Waals surface area contributed by atoms with Crippen molar-refractivity contribution in [3.8, 4) is 17.2 Å². The first-order valence-corrected chi connectivity index (χ1v) is 8.75. The van der Waals surface area contributed by atoms with Gasteiger partial charge in [-0.2, -0.15) is 0 Å². The molecule has 0 saturated heterocycles. The van der Waals surface area contributed by atoms with Gasteiger partial charge in [0.2, 0.25) is 0 Å². The number of Topliss-reactive ketones (excluding diaryl/α,β-unsaturated/α-hetero) is 1. The molecule has 0 radical (unpaired) electrons. The van der Waals surface area contributed by atoms with Gasteiger partial charge in [-0.1, -0.05) is 0 Å². The molecule has 1 heterocycles. The van der Waals surface area contributed by atoms with E-state index >= 15 is 0 Å². The number of amides is 1. The normalized spacial score (nSPS) is 15.9. The van der Waals surface area contributed by atoms with E-state index in [1.807, 2.05) is 13.8 Å². The zero-order valence-electron chi connectivity index (χ0n) is 15.9. The number of ketones is 1. The second-order valence-electron chi connectivity index (χ2n) is 7.10. The molecule has 1 N–H and O–H groups in total. The topological polar surface area (TPSA) is 73.9 Å². The van der Waals surface area contributed by atoms with Crippen LogP contribution in [-0.4, -0.2) is 30.5 Å². The van der Waals surface area contributed by atoms with Crippen molar-refractivity contribution in [2.75, 3.05) is 12.4 Å². The van der Waals surface area contributed by atoms with E-state index in [4.69, 9.17) is 14.2 Å². The molecule has 142 valence electrons. The zero-order chi connectivity index (χ0) is 19.6. The first-order chi connectivity index (χ1) is 12.8. The van der Waals surface area contributed by atoms with E-state index in [0.717, 1.165) is 0 Å². The Hall–Kier alpha value is -3.02. The molecular formula is C21H23NO5. The minimum absolute atomic E-state index is 0.000111. The second-order valence-corrected chi connectivity index (χ2v) is 7.10. The number of carbonyl (C=O) groups excluding carboxylic acids is 2.